The molecular formula is C19H18N2OS. The van der Waals surface area contributed by atoms with Gasteiger partial charge in [-0.1, -0.05) is 36.4 Å². The fourth-order valence-electron chi connectivity index (χ4n) is 2.43. The van der Waals surface area contributed by atoms with Crippen molar-refractivity contribution in [2.75, 3.05) is 17.3 Å². The van der Waals surface area contributed by atoms with Crippen molar-refractivity contribution < 1.29 is 4.79 Å². The molecule has 0 aliphatic rings. The molecule has 1 N–H and O–H groups in total. The minimum absolute atomic E-state index is 0.00126. The first-order chi connectivity index (χ1) is 11.2. The third-order valence-corrected chi connectivity index (χ3v) is 4.47. The Morgan fingerprint density at radius 3 is 2.48 bits per heavy atom. The fraction of sp³-hybridized carbons (Fsp3) is 0.105. The van der Waals surface area contributed by atoms with Crippen LogP contribution in [0.2, 0.25) is 0 Å². The van der Waals surface area contributed by atoms with Gasteiger partial charge in [-0.2, -0.15) is 0 Å². The minimum Gasteiger partial charge on any atom is -0.343 e. The molecule has 0 fully saturated rings. The van der Waals surface area contributed by atoms with Gasteiger partial charge in [0.05, 0.1) is 17.8 Å². The Morgan fingerprint density at radius 1 is 1.00 bits per heavy atom. The summed E-state index contributed by atoms with van der Waals surface area (Å²) in [6, 6.07) is 21.9. The van der Waals surface area contributed by atoms with E-state index in [1.54, 1.807) is 11.3 Å². The third kappa shape index (κ3) is 3.79. The minimum atomic E-state index is 0.00126. The summed E-state index contributed by atoms with van der Waals surface area (Å²) in [4.78, 5) is 15.4. The van der Waals surface area contributed by atoms with Gasteiger partial charge in [0.15, 0.2) is 0 Å². The molecule has 4 heteroatoms. The Labute approximate surface area is 140 Å². The molecule has 3 aromatic rings. The number of hydrogen-bond acceptors (Lipinski definition) is 3. The van der Waals surface area contributed by atoms with Crippen molar-refractivity contribution in [3.63, 3.8) is 0 Å². The summed E-state index contributed by atoms with van der Waals surface area (Å²) in [7, 11) is 2.00. The van der Waals surface area contributed by atoms with E-state index in [4.69, 9.17) is 0 Å². The van der Waals surface area contributed by atoms with E-state index >= 15 is 0 Å². The van der Waals surface area contributed by atoms with Crippen molar-refractivity contribution >= 4 is 34.3 Å². The number of hydrogen-bond donors (Lipinski definition) is 1. The number of nitrogens with one attached hydrogen (secondary N) is 1. The lowest BCUT2D eigenvalue weighted by Crippen LogP contribution is -2.17. The first-order valence-electron chi connectivity index (χ1n) is 7.44. The molecule has 23 heavy (non-hydrogen) atoms. The highest BCUT2D eigenvalue weighted by Crippen LogP contribution is 2.30. The molecule has 3 nitrogen and oxygen atoms in total. The van der Waals surface area contributed by atoms with E-state index in [-0.39, 0.29) is 5.91 Å². The molecule has 116 valence electrons. The average Bonchev–Trinajstić information content (AvgIpc) is 3.08. The standard InChI is InChI=1S/C19H18N2OS/c1-21(15-8-3-2-4-9-15)18-12-6-5-11-17(18)20-19(22)14-16-10-7-13-23-16/h2-13H,14H2,1H3,(H,20,22). The molecule has 0 saturated carbocycles. The van der Waals surface area contributed by atoms with Crippen LogP contribution in [0.5, 0.6) is 0 Å². The average molecular weight is 322 g/mol. The SMILES string of the molecule is CN(c1ccccc1)c1ccccc1NC(=O)Cc1cccs1. The summed E-state index contributed by atoms with van der Waals surface area (Å²) < 4.78 is 0. The highest BCUT2D eigenvalue weighted by atomic mass is 32.1. The highest BCUT2D eigenvalue weighted by molar-refractivity contribution is 7.10. The van der Waals surface area contributed by atoms with Gasteiger partial charge in [-0.05, 0) is 35.7 Å². The van der Waals surface area contributed by atoms with Gasteiger partial charge in [0, 0.05) is 17.6 Å². The monoisotopic (exact) mass is 322 g/mol. The molecule has 1 amide bonds. The smallest absolute Gasteiger partial charge is 0.229 e. The Balaban J connectivity index is 1.79. The van der Waals surface area contributed by atoms with Gasteiger partial charge < -0.3 is 10.2 Å². The molecule has 1 aromatic heterocycles. The molecule has 3 rings (SSSR count). The maximum atomic E-state index is 12.3. The zero-order valence-corrected chi connectivity index (χ0v) is 13.7. The summed E-state index contributed by atoms with van der Waals surface area (Å²) in [6.45, 7) is 0. The molecule has 0 unspecified atom stereocenters. The van der Waals surface area contributed by atoms with Crippen molar-refractivity contribution in [2.45, 2.75) is 6.42 Å². The first kappa shape index (κ1) is 15.3. The Hall–Kier alpha value is -2.59. The third-order valence-electron chi connectivity index (χ3n) is 3.60. The lowest BCUT2D eigenvalue weighted by atomic mass is 10.2. The Kier molecular flexibility index (Phi) is 4.74. The van der Waals surface area contributed by atoms with Crippen LogP contribution in [0.1, 0.15) is 4.88 Å². The summed E-state index contributed by atoms with van der Waals surface area (Å²) in [5.41, 5.74) is 2.87. The van der Waals surface area contributed by atoms with E-state index in [1.165, 1.54) is 0 Å². The maximum Gasteiger partial charge on any atom is 0.229 e. The number of rotatable bonds is 5. The van der Waals surface area contributed by atoms with Crippen LogP contribution in [0, 0.1) is 0 Å². The van der Waals surface area contributed by atoms with Crippen LogP contribution in [0.3, 0.4) is 0 Å². The zero-order valence-electron chi connectivity index (χ0n) is 12.9. The van der Waals surface area contributed by atoms with Gasteiger partial charge in [-0.15, -0.1) is 11.3 Å². The van der Waals surface area contributed by atoms with Gasteiger partial charge in [0.25, 0.3) is 0 Å². The molecule has 0 saturated heterocycles. The van der Waals surface area contributed by atoms with Crippen LogP contribution in [0.4, 0.5) is 17.1 Å². The van der Waals surface area contributed by atoms with Crippen LogP contribution in [-0.2, 0) is 11.2 Å². The number of para-hydroxylation sites is 3. The number of thiophene rings is 1. The fourth-order valence-corrected chi connectivity index (χ4v) is 3.13. The second-order valence-electron chi connectivity index (χ2n) is 5.22. The predicted octanol–water partition coefficient (Wildman–Crippen LogP) is 4.70. The summed E-state index contributed by atoms with van der Waals surface area (Å²) in [5.74, 6) is 0.00126. The van der Waals surface area contributed by atoms with Gasteiger partial charge >= 0.3 is 0 Å². The van der Waals surface area contributed by atoms with Crippen LogP contribution in [0.15, 0.2) is 72.1 Å². The van der Waals surface area contributed by atoms with E-state index in [2.05, 4.69) is 10.2 Å². The van der Waals surface area contributed by atoms with Crippen molar-refractivity contribution in [1.29, 1.82) is 0 Å². The summed E-state index contributed by atoms with van der Waals surface area (Å²) >= 11 is 1.60. The van der Waals surface area contributed by atoms with E-state index in [1.807, 2.05) is 79.2 Å². The second-order valence-corrected chi connectivity index (χ2v) is 6.25. The topological polar surface area (TPSA) is 32.3 Å². The van der Waals surface area contributed by atoms with E-state index in [0.29, 0.717) is 6.42 Å². The molecular weight excluding hydrogens is 304 g/mol. The number of amides is 1. The summed E-state index contributed by atoms with van der Waals surface area (Å²) in [5, 5.41) is 5.01. The maximum absolute atomic E-state index is 12.3. The van der Waals surface area contributed by atoms with E-state index < -0.39 is 0 Å². The molecule has 0 radical (unpaired) electrons. The van der Waals surface area contributed by atoms with Gasteiger partial charge in [-0.25, -0.2) is 0 Å². The number of nitrogens with zero attached hydrogens (tertiary/aromatic N) is 1. The number of anilines is 3. The van der Waals surface area contributed by atoms with Crippen LogP contribution >= 0.6 is 11.3 Å². The van der Waals surface area contributed by atoms with Crippen LogP contribution < -0.4 is 10.2 Å². The molecule has 2 aromatic carbocycles. The Morgan fingerprint density at radius 2 is 1.74 bits per heavy atom. The van der Waals surface area contributed by atoms with E-state index in [0.717, 1.165) is 21.9 Å². The number of carbonyl (C=O) groups is 1. The zero-order chi connectivity index (χ0) is 16.1. The van der Waals surface area contributed by atoms with Crippen molar-refractivity contribution in [3.05, 3.63) is 77.0 Å². The molecule has 0 spiro atoms. The normalized spacial score (nSPS) is 10.3. The molecule has 0 aliphatic heterocycles. The van der Waals surface area contributed by atoms with E-state index in [9.17, 15) is 4.79 Å². The highest BCUT2D eigenvalue weighted by Gasteiger charge is 2.11. The van der Waals surface area contributed by atoms with Gasteiger partial charge in [0.2, 0.25) is 5.91 Å². The van der Waals surface area contributed by atoms with Crippen LogP contribution in [0.25, 0.3) is 0 Å². The molecule has 1 heterocycles. The molecule has 0 bridgehead atoms. The van der Waals surface area contributed by atoms with Crippen molar-refractivity contribution in [2.24, 2.45) is 0 Å². The van der Waals surface area contributed by atoms with Crippen molar-refractivity contribution in [1.82, 2.24) is 0 Å². The number of carbonyl (C=O) groups excluding carboxylic acids is 1. The summed E-state index contributed by atoms with van der Waals surface area (Å²) in [6.07, 6.45) is 0.404. The van der Waals surface area contributed by atoms with Crippen molar-refractivity contribution in [3.8, 4) is 0 Å². The van der Waals surface area contributed by atoms with Gasteiger partial charge in [0.1, 0.15) is 0 Å². The molecule has 0 atom stereocenters. The number of benzene rings is 2. The van der Waals surface area contributed by atoms with Gasteiger partial charge in [-0.3, -0.25) is 4.79 Å². The molecule has 0 aliphatic carbocycles. The lowest BCUT2D eigenvalue weighted by molar-refractivity contribution is -0.115. The lowest BCUT2D eigenvalue weighted by Gasteiger charge is -2.22. The first-order valence-corrected chi connectivity index (χ1v) is 8.32. The Bertz CT molecular complexity index is 769. The second kappa shape index (κ2) is 7.11. The quantitative estimate of drug-likeness (QED) is 0.738. The predicted molar refractivity (Wildman–Crippen MR) is 97.6 cm³/mol. The van der Waals surface area contributed by atoms with Crippen LogP contribution in [-0.4, -0.2) is 13.0 Å². The largest absolute Gasteiger partial charge is 0.343 e.